The number of thiophene rings is 1. The van der Waals surface area contributed by atoms with Gasteiger partial charge in [-0.3, -0.25) is 4.79 Å². The van der Waals surface area contributed by atoms with E-state index in [1.54, 1.807) is 18.4 Å². The second-order valence-electron chi connectivity index (χ2n) is 4.36. The van der Waals surface area contributed by atoms with E-state index in [2.05, 4.69) is 29.7 Å². The Morgan fingerprint density at radius 3 is 2.75 bits per heavy atom. The van der Waals surface area contributed by atoms with E-state index in [4.69, 9.17) is 4.74 Å². The van der Waals surface area contributed by atoms with Gasteiger partial charge in [-0.2, -0.15) is 0 Å². The molecule has 0 unspecified atom stereocenters. The highest BCUT2D eigenvalue weighted by Crippen LogP contribution is 2.22. The highest BCUT2D eigenvalue weighted by molar-refractivity contribution is 7.11. The number of methoxy groups -OCH3 is 1. The van der Waals surface area contributed by atoms with Crippen LogP contribution in [-0.2, 0) is 11.3 Å². The third-order valence-electron chi connectivity index (χ3n) is 2.76. The number of hydrogen-bond acceptors (Lipinski definition) is 4. The Labute approximate surface area is 122 Å². The van der Waals surface area contributed by atoms with Gasteiger partial charge in [0.15, 0.2) is 0 Å². The lowest BCUT2D eigenvalue weighted by atomic mass is 10.3. The summed E-state index contributed by atoms with van der Waals surface area (Å²) < 4.78 is 5.19. The minimum absolute atomic E-state index is 0.0808. The average Bonchev–Trinajstić information content (AvgIpc) is 2.85. The summed E-state index contributed by atoms with van der Waals surface area (Å²) >= 11 is 1.74. The average molecular weight is 290 g/mol. The topological polar surface area (TPSA) is 50.4 Å². The molecule has 0 saturated carbocycles. The van der Waals surface area contributed by atoms with E-state index in [1.165, 1.54) is 9.75 Å². The lowest BCUT2D eigenvalue weighted by Crippen LogP contribution is -2.27. The first-order valence-corrected chi connectivity index (χ1v) is 7.19. The van der Waals surface area contributed by atoms with Crippen molar-refractivity contribution in [1.82, 2.24) is 5.32 Å². The molecule has 0 aliphatic carbocycles. The molecule has 106 valence electrons. The van der Waals surface area contributed by atoms with E-state index >= 15 is 0 Å². The van der Waals surface area contributed by atoms with Gasteiger partial charge in [0, 0.05) is 16.3 Å². The summed E-state index contributed by atoms with van der Waals surface area (Å²) in [6, 6.07) is 11.5. The highest BCUT2D eigenvalue weighted by Gasteiger charge is 2.06. The molecule has 2 N–H and O–H groups in total. The van der Waals surface area contributed by atoms with Gasteiger partial charge in [-0.1, -0.05) is 12.1 Å². The third kappa shape index (κ3) is 4.08. The molecular weight excluding hydrogens is 272 g/mol. The molecular formula is C15H18N2O2S. The predicted molar refractivity (Wildman–Crippen MR) is 82.4 cm³/mol. The van der Waals surface area contributed by atoms with E-state index < -0.39 is 0 Å². The minimum Gasteiger partial charge on any atom is -0.495 e. The van der Waals surface area contributed by atoms with Crippen LogP contribution in [0.1, 0.15) is 9.75 Å². The van der Waals surface area contributed by atoms with Crippen LogP contribution >= 0.6 is 11.3 Å². The molecule has 0 saturated heterocycles. The standard InChI is InChI=1S/C15H18N2O2S/c1-11-7-8-12(20-11)9-16-10-15(18)17-13-5-3-4-6-14(13)19-2/h3-8,16H,9-10H2,1-2H3,(H,17,18). The fourth-order valence-electron chi connectivity index (χ4n) is 1.82. The fourth-order valence-corrected chi connectivity index (χ4v) is 2.68. The van der Waals surface area contributed by atoms with Gasteiger partial charge in [-0.15, -0.1) is 11.3 Å². The van der Waals surface area contributed by atoms with Crippen molar-refractivity contribution >= 4 is 22.9 Å². The van der Waals surface area contributed by atoms with Crippen LogP contribution in [-0.4, -0.2) is 19.6 Å². The molecule has 0 radical (unpaired) electrons. The summed E-state index contributed by atoms with van der Waals surface area (Å²) in [5, 5.41) is 5.96. The van der Waals surface area contributed by atoms with Gasteiger partial charge in [0.2, 0.25) is 5.91 Å². The molecule has 1 heterocycles. The van der Waals surface area contributed by atoms with Crippen molar-refractivity contribution in [1.29, 1.82) is 0 Å². The molecule has 0 aliphatic heterocycles. The van der Waals surface area contributed by atoms with E-state index in [0.717, 1.165) is 0 Å². The number of nitrogens with one attached hydrogen (secondary N) is 2. The number of hydrogen-bond donors (Lipinski definition) is 2. The summed E-state index contributed by atoms with van der Waals surface area (Å²) in [4.78, 5) is 14.4. The number of ether oxygens (including phenoxy) is 1. The van der Waals surface area contributed by atoms with E-state index in [-0.39, 0.29) is 12.5 Å². The summed E-state index contributed by atoms with van der Waals surface area (Å²) in [5.41, 5.74) is 0.689. The van der Waals surface area contributed by atoms with Crippen molar-refractivity contribution in [3.05, 3.63) is 46.2 Å². The molecule has 0 aliphatic rings. The van der Waals surface area contributed by atoms with Crippen LogP contribution < -0.4 is 15.4 Å². The first-order chi connectivity index (χ1) is 9.69. The van der Waals surface area contributed by atoms with Gasteiger partial charge in [-0.25, -0.2) is 0 Å². The third-order valence-corrected chi connectivity index (χ3v) is 3.76. The largest absolute Gasteiger partial charge is 0.495 e. The smallest absolute Gasteiger partial charge is 0.238 e. The summed E-state index contributed by atoms with van der Waals surface area (Å²) in [5.74, 6) is 0.581. The SMILES string of the molecule is COc1ccccc1NC(=O)CNCc1ccc(C)s1. The van der Waals surface area contributed by atoms with E-state index in [9.17, 15) is 4.79 Å². The van der Waals surface area contributed by atoms with Crippen LogP contribution in [0.25, 0.3) is 0 Å². The number of amides is 1. The number of anilines is 1. The zero-order chi connectivity index (χ0) is 14.4. The Hall–Kier alpha value is -1.85. The molecule has 5 heteroatoms. The van der Waals surface area contributed by atoms with Crippen LogP contribution in [0.5, 0.6) is 5.75 Å². The summed E-state index contributed by atoms with van der Waals surface area (Å²) in [7, 11) is 1.59. The number of para-hydroxylation sites is 2. The first-order valence-electron chi connectivity index (χ1n) is 6.38. The number of rotatable bonds is 6. The Morgan fingerprint density at radius 1 is 1.25 bits per heavy atom. The molecule has 0 atom stereocenters. The van der Waals surface area contributed by atoms with Crippen LogP contribution in [0.2, 0.25) is 0 Å². The number of carbonyl (C=O) groups excluding carboxylic acids is 1. The van der Waals surface area contributed by atoms with Crippen molar-refractivity contribution in [3.63, 3.8) is 0 Å². The highest BCUT2D eigenvalue weighted by atomic mass is 32.1. The molecule has 0 fully saturated rings. The molecule has 1 amide bonds. The van der Waals surface area contributed by atoms with Crippen molar-refractivity contribution in [2.45, 2.75) is 13.5 Å². The zero-order valence-electron chi connectivity index (χ0n) is 11.6. The maximum Gasteiger partial charge on any atom is 0.238 e. The predicted octanol–water partition coefficient (Wildman–Crippen LogP) is 2.79. The normalized spacial score (nSPS) is 10.3. The molecule has 4 nitrogen and oxygen atoms in total. The zero-order valence-corrected chi connectivity index (χ0v) is 12.4. The van der Waals surface area contributed by atoms with Gasteiger partial charge >= 0.3 is 0 Å². The monoisotopic (exact) mass is 290 g/mol. The Morgan fingerprint density at radius 2 is 2.05 bits per heavy atom. The van der Waals surface area contributed by atoms with E-state index in [0.29, 0.717) is 18.0 Å². The first kappa shape index (κ1) is 14.6. The molecule has 0 spiro atoms. The Bertz CT molecular complexity index is 581. The van der Waals surface area contributed by atoms with Crippen LogP contribution in [0.15, 0.2) is 36.4 Å². The summed E-state index contributed by atoms with van der Waals surface area (Å²) in [6.45, 7) is 3.05. The van der Waals surface area contributed by atoms with E-state index in [1.807, 2.05) is 24.3 Å². The molecule has 2 aromatic rings. The van der Waals surface area contributed by atoms with Crippen molar-refractivity contribution in [3.8, 4) is 5.75 Å². The molecule has 0 bridgehead atoms. The maximum absolute atomic E-state index is 11.9. The second kappa shape index (κ2) is 7.07. The van der Waals surface area contributed by atoms with Crippen LogP contribution in [0.4, 0.5) is 5.69 Å². The molecule has 2 rings (SSSR count). The van der Waals surface area contributed by atoms with Gasteiger partial charge in [0.05, 0.1) is 19.3 Å². The number of benzene rings is 1. The van der Waals surface area contributed by atoms with Crippen LogP contribution in [0, 0.1) is 6.92 Å². The quantitative estimate of drug-likeness (QED) is 0.860. The number of aryl methyl sites for hydroxylation is 1. The Kier molecular flexibility index (Phi) is 5.15. The maximum atomic E-state index is 11.9. The molecule has 1 aromatic heterocycles. The van der Waals surface area contributed by atoms with Gasteiger partial charge in [-0.05, 0) is 31.2 Å². The minimum atomic E-state index is -0.0808. The summed E-state index contributed by atoms with van der Waals surface area (Å²) in [6.07, 6.45) is 0. The molecule has 1 aromatic carbocycles. The van der Waals surface area contributed by atoms with Gasteiger partial charge in [0.1, 0.15) is 5.75 Å². The van der Waals surface area contributed by atoms with Crippen LogP contribution in [0.3, 0.4) is 0 Å². The fraction of sp³-hybridized carbons (Fsp3) is 0.267. The Balaban J connectivity index is 1.80. The van der Waals surface area contributed by atoms with Gasteiger partial charge < -0.3 is 15.4 Å². The van der Waals surface area contributed by atoms with Crippen molar-refractivity contribution < 1.29 is 9.53 Å². The lowest BCUT2D eigenvalue weighted by molar-refractivity contribution is -0.115. The van der Waals surface area contributed by atoms with Crippen molar-refractivity contribution in [2.75, 3.05) is 19.0 Å². The van der Waals surface area contributed by atoms with Crippen molar-refractivity contribution in [2.24, 2.45) is 0 Å². The number of carbonyl (C=O) groups is 1. The van der Waals surface area contributed by atoms with Gasteiger partial charge in [0.25, 0.3) is 0 Å². The second-order valence-corrected chi connectivity index (χ2v) is 5.74. The lowest BCUT2D eigenvalue weighted by Gasteiger charge is -2.10. The molecule has 20 heavy (non-hydrogen) atoms.